The van der Waals surface area contributed by atoms with Crippen LogP contribution in [0.25, 0.3) is 11.1 Å². The third-order valence-electron chi connectivity index (χ3n) is 3.65. The summed E-state index contributed by atoms with van der Waals surface area (Å²) in [4.78, 5) is 29.3. The van der Waals surface area contributed by atoms with Crippen LogP contribution in [-0.2, 0) is 15.4 Å². The summed E-state index contributed by atoms with van der Waals surface area (Å²) in [6.45, 7) is 3.45. The predicted octanol–water partition coefficient (Wildman–Crippen LogP) is 5.07. The summed E-state index contributed by atoms with van der Waals surface area (Å²) >= 11 is 18.3. The second-order valence-corrected chi connectivity index (χ2v) is 6.35. The third-order valence-corrected chi connectivity index (χ3v) is 4.45. The fraction of sp³-hybridized carbons (Fsp3) is 0.278. The van der Waals surface area contributed by atoms with Crippen molar-refractivity contribution in [3.8, 4) is 11.1 Å². The lowest BCUT2D eigenvalue weighted by Gasteiger charge is -2.18. The summed E-state index contributed by atoms with van der Waals surface area (Å²) < 4.78 is 10.0. The molecule has 138 valence electrons. The minimum Gasteiger partial charge on any atom is -0.465 e. The molecule has 0 saturated heterocycles. The van der Waals surface area contributed by atoms with Crippen molar-refractivity contribution in [3.05, 3.63) is 50.8 Å². The fourth-order valence-corrected chi connectivity index (χ4v) is 3.29. The highest BCUT2D eigenvalue weighted by Crippen LogP contribution is 2.38. The van der Waals surface area contributed by atoms with Gasteiger partial charge in [0, 0.05) is 21.2 Å². The minimum absolute atomic E-state index is 0.0470. The molecule has 0 unspecified atom stereocenters. The lowest BCUT2D eigenvalue weighted by molar-refractivity contribution is 0.0525. The number of carbonyl (C=O) groups is 2. The van der Waals surface area contributed by atoms with Crippen LogP contribution in [0.2, 0.25) is 10.0 Å². The Morgan fingerprint density at radius 3 is 2.38 bits per heavy atom. The highest BCUT2D eigenvalue weighted by molar-refractivity contribution is 6.36. The highest BCUT2D eigenvalue weighted by atomic mass is 35.5. The monoisotopic (exact) mass is 415 g/mol. The molecule has 0 saturated carbocycles. The van der Waals surface area contributed by atoms with E-state index in [1.165, 1.54) is 13.2 Å². The first-order valence-electron chi connectivity index (χ1n) is 7.65. The fourth-order valence-electron chi connectivity index (χ4n) is 2.60. The number of rotatable bonds is 5. The maximum absolute atomic E-state index is 12.6. The molecule has 0 fully saturated rings. The molecule has 8 heteroatoms. The van der Waals surface area contributed by atoms with Gasteiger partial charge in [-0.3, -0.25) is 4.98 Å². The molecule has 5 nitrogen and oxygen atoms in total. The molecule has 2 aromatic rings. The van der Waals surface area contributed by atoms with Crippen LogP contribution in [-0.4, -0.2) is 30.6 Å². The van der Waals surface area contributed by atoms with Gasteiger partial charge in [0.05, 0.1) is 42.1 Å². The van der Waals surface area contributed by atoms with Crippen molar-refractivity contribution in [1.29, 1.82) is 0 Å². The predicted molar refractivity (Wildman–Crippen MR) is 101 cm³/mol. The van der Waals surface area contributed by atoms with Crippen LogP contribution in [0.1, 0.15) is 39.0 Å². The van der Waals surface area contributed by atoms with Gasteiger partial charge in [-0.2, -0.15) is 0 Å². The van der Waals surface area contributed by atoms with E-state index in [4.69, 9.17) is 44.3 Å². The van der Waals surface area contributed by atoms with E-state index in [2.05, 4.69) is 4.98 Å². The van der Waals surface area contributed by atoms with Gasteiger partial charge in [-0.05, 0) is 26.0 Å². The first-order chi connectivity index (χ1) is 12.3. The van der Waals surface area contributed by atoms with Gasteiger partial charge in [0.1, 0.15) is 0 Å². The van der Waals surface area contributed by atoms with Crippen molar-refractivity contribution < 1.29 is 19.1 Å². The number of esters is 2. The molecule has 0 spiro atoms. The molecule has 0 bridgehead atoms. The van der Waals surface area contributed by atoms with E-state index in [1.807, 2.05) is 0 Å². The summed E-state index contributed by atoms with van der Waals surface area (Å²) in [6, 6.07) is 4.74. The van der Waals surface area contributed by atoms with Crippen LogP contribution < -0.4 is 0 Å². The molecule has 26 heavy (non-hydrogen) atoms. The standard InChI is InChI=1S/C18H16Cl3NO4/c1-4-26-18(24)16-13(8-19)22-9(2)14(17(23)25-3)15(16)11-6-5-10(20)7-12(11)21/h5-7H,4,8H2,1-3H3. The largest absolute Gasteiger partial charge is 0.465 e. The quantitative estimate of drug-likeness (QED) is 0.503. The number of benzene rings is 1. The number of hydrogen-bond acceptors (Lipinski definition) is 5. The van der Waals surface area contributed by atoms with Crippen LogP contribution in [0.4, 0.5) is 0 Å². The number of ether oxygens (including phenoxy) is 2. The molecule has 1 heterocycles. The normalized spacial score (nSPS) is 10.5. The number of alkyl halides is 1. The Balaban J connectivity index is 2.97. The van der Waals surface area contributed by atoms with Crippen LogP contribution in [0.15, 0.2) is 18.2 Å². The van der Waals surface area contributed by atoms with E-state index in [0.717, 1.165) is 0 Å². The molecule has 0 N–H and O–H groups in total. The molecule has 0 aliphatic heterocycles. The average Bonchev–Trinajstić information content (AvgIpc) is 2.60. The number of carbonyl (C=O) groups excluding carboxylic acids is 2. The van der Waals surface area contributed by atoms with Gasteiger partial charge in [0.15, 0.2) is 0 Å². The van der Waals surface area contributed by atoms with Crippen molar-refractivity contribution in [2.45, 2.75) is 19.7 Å². The molecular weight excluding hydrogens is 401 g/mol. The van der Waals surface area contributed by atoms with Crippen molar-refractivity contribution in [1.82, 2.24) is 4.98 Å². The molecule has 0 aliphatic rings. The number of pyridine rings is 1. The Kier molecular flexibility index (Phi) is 6.87. The molecule has 0 atom stereocenters. The lowest BCUT2D eigenvalue weighted by Crippen LogP contribution is -2.17. The summed E-state index contributed by atoms with van der Waals surface area (Å²) in [5, 5.41) is 0.679. The van der Waals surface area contributed by atoms with E-state index >= 15 is 0 Å². The van der Waals surface area contributed by atoms with Crippen LogP contribution in [0, 0.1) is 6.92 Å². The molecule has 1 aromatic carbocycles. The van der Waals surface area contributed by atoms with E-state index in [9.17, 15) is 9.59 Å². The van der Waals surface area contributed by atoms with Crippen LogP contribution in [0.5, 0.6) is 0 Å². The SMILES string of the molecule is CCOC(=O)c1c(CCl)nc(C)c(C(=O)OC)c1-c1ccc(Cl)cc1Cl. The second-order valence-electron chi connectivity index (χ2n) is 5.24. The topological polar surface area (TPSA) is 65.5 Å². The summed E-state index contributed by atoms with van der Waals surface area (Å²) in [5.74, 6) is -1.35. The first kappa shape index (κ1) is 20.5. The molecule has 0 radical (unpaired) electrons. The minimum atomic E-state index is -0.651. The van der Waals surface area contributed by atoms with Crippen molar-refractivity contribution >= 4 is 46.7 Å². The maximum Gasteiger partial charge on any atom is 0.340 e. The van der Waals surface area contributed by atoms with Crippen LogP contribution in [0.3, 0.4) is 0 Å². The van der Waals surface area contributed by atoms with Gasteiger partial charge in [-0.15, -0.1) is 11.6 Å². The Morgan fingerprint density at radius 2 is 1.85 bits per heavy atom. The molecule has 0 aliphatic carbocycles. The number of methoxy groups -OCH3 is 1. The summed E-state index contributed by atoms with van der Waals surface area (Å²) in [7, 11) is 1.24. The van der Waals surface area contributed by atoms with Gasteiger partial charge in [-0.25, -0.2) is 9.59 Å². The lowest BCUT2D eigenvalue weighted by atomic mass is 9.92. The molecule has 2 rings (SSSR count). The second kappa shape index (κ2) is 8.71. The Labute approximate surface area is 166 Å². The van der Waals surface area contributed by atoms with E-state index < -0.39 is 11.9 Å². The zero-order chi connectivity index (χ0) is 19.4. The number of aromatic nitrogens is 1. The van der Waals surface area contributed by atoms with Gasteiger partial charge in [0.2, 0.25) is 0 Å². The zero-order valence-electron chi connectivity index (χ0n) is 14.4. The summed E-state index contributed by atoms with van der Waals surface area (Å²) in [6.07, 6.45) is 0. The number of hydrogen-bond donors (Lipinski definition) is 0. The van der Waals surface area contributed by atoms with Gasteiger partial charge in [0.25, 0.3) is 0 Å². The zero-order valence-corrected chi connectivity index (χ0v) is 16.6. The smallest absolute Gasteiger partial charge is 0.340 e. The highest BCUT2D eigenvalue weighted by Gasteiger charge is 2.29. The molecular formula is C18H16Cl3NO4. The van der Waals surface area contributed by atoms with E-state index in [0.29, 0.717) is 16.3 Å². The number of halogens is 3. The Bertz CT molecular complexity index is 868. The number of aryl methyl sites for hydroxylation is 1. The maximum atomic E-state index is 12.6. The van der Waals surface area contributed by atoms with Crippen molar-refractivity contribution in [2.75, 3.05) is 13.7 Å². The van der Waals surface area contributed by atoms with E-state index in [-0.39, 0.29) is 39.9 Å². The average molecular weight is 417 g/mol. The van der Waals surface area contributed by atoms with Crippen molar-refractivity contribution in [3.63, 3.8) is 0 Å². The van der Waals surface area contributed by atoms with Gasteiger partial charge < -0.3 is 9.47 Å². The first-order valence-corrected chi connectivity index (χ1v) is 8.95. The third kappa shape index (κ3) is 3.95. The molecule has 1 aromatic heterocycles. The Hall–Kier alpha value is -1.82. The van der Waals surface area contributed by atoms with Gasteiger partial charge in [-0.1, -0.05) is 29.3 Å². The Morgan fingerprint density at radius 1 is 1.15 bits per heavy atom. The van der Waals surface area contributed by atoms with E-state index in [1.54, 1.807) is 26.0 Å². The molecule has 0 amide bonds. The van der Waals surface area contributed by atoms with Crippen molar-refractivity contribution in [2.24, 2.45) is 0 Å². The van der Waals surface area contributed by atoms with Gasteiger partial charge >= 0.3 is 11.9 Å². The number of nitrogens with zero attached hydrogens (tertiary/aromatic N) is 1. The summed E-state index contributed by atoms with van der Waals surface area (Å²) in [5.41, 5.74) is 1.54. The van der Waals surface area contributed by atoms with Crippen LogP contribution >= 0.6 is 34.8 Å².